The van der Waals surface area contributed by atoms with E-state index in [1.54, 1.807) is 17.5 Å². The maximum absolute atomic E-state index is 12.6. The van der Waals surface area contributed by atoms with Gasteiger partial charge >= 0.3 is 0 Å². The van der Waals surface area contributed by atoms with Gasteiger partial charge in [0.15, 0.2) is 0 Å². The van der Waals surface area contributed by atoms with Gasteiger partial charge in [-0.25, -0.2) is 4.98 Å². The van der Waals surface area contributed by atoms with E-state index in [0.717, 1.165) is 48.9 Å². The van der Waals surface area contributed by atoms with Crippen molar-refractivity contribution < 1.29 is 4.79 Å². The monoisotopic (exact) mass is 301 g/mol. The van der Waals surface area contributed by atoms with Gasteiger partial charge in [0.25, 0.3) is 5.91 Å². The van der Waals surface area contributed by atoms with Crippen LogP contribution in [0.2, 0.25) is 0 Å². The molecule has 3 rings (SSSR count). The zero-order valence-electron chi connectivity index (χ0n) is 12.2. The number of amides is 1. The van der Waals surface area contributed by atoms with E-state index in [0.29, 0.717) is 0 Å². The van der Waals surface area contributed by atoms with Gasteiger partial charge in [0, 0.05) is 48.9 Å². The van der Waals surface area contributed by atoms with Crippen LogP contribution in [0.5, 0.6) is 0 Å². The number of piperazine rings is 1. The van der Waals surface area contributed by atoms with Crippen molar-refractivity contribution in [1.29, 1.82) is 0 Å². The van der Waals surface area contributed by atoms with Crippen LogP contribution in [0, 0.1) is 0 Å². The Kier molecular flexibility index (Phi) is 4.31. The second-order valence-corrected chi connectivity index (χ2v) is 6.04. The fraction of sp³-hybridized carbons (Fsp3) is 0.375. The first-order chi connectivity index (χ1) is 10.3. The Hall–Kier alpha value is -1.72. The van der Waals surface area contributed by atoms with E-state index in [-0.39, 0.29) is 5.91 Å². The van der Waals surface area contributed by atoms with Gasteiger partial charge in [-0.2, -0.15) is 0 Å². The van der Waals surface area contributed by atoms with E-state index in [4.69, 9.17) is 0 Å². The van der Waals surface area contributed by atoms with E-state index in [2.05, 4.69) is 16.8 Å². The van der Waals surface area contributed by atoms with Crippen LogP contribution in [0.1, 0.15) is 17.3 Å². The maximum atomic E-state index is 12.6. The van der Waals surface area contributed by atoms with Gasteiger partial charge in [0.1, 0.15) is 5.01 Å². The Balaban J connectivity index is 1.75. The minimum absolute atomic E-state index is 0.129. The summed E-state index contributed by atoms with van der Waals surface area (Å²) in [5.41, 5.74) is 1.77. The topological polar surface area (TPSA) is 36.4 Å². The van der Waals surface area contributed by atoms with Crippen molar-refractivity contribution in [3.63, 3.8) is 0 Å². The summed E-state index contributed by atoms with van der Waals surface area (Å²) in [5.74, 6) is 0.129. The first-order valence-electron chi connectivity index (χ1n) is 7.29. The Morgan fingerprint density at radius 1 is 1.29 bits per heavy atom. The molecular formula is C16H19N3OS. The molecule has 0 atom stereocenters. The average molecular weight is 301 g/mol. The third kappa shape index (κ3) is 3.14. The number of carbonyl (C=O) groups is 1. The molecule has 0 unspecified atom stereocenters. The van der Waals surface area contributed by atoms with Crippen molar-refractivity contribution in [2.75, 3.05) is 32.7 Å². The summed E-state index contributed by atoms with van der Waals surface area (Å²) in [7, 11) is 0. The SMILES string of the molecule is CCN1CCN(C(=O)c2cccc(-c3nccs3)c2)CC1. The lowest BCUT2D eigenvalue weighted by molar-refractivity contribution is 0.0643. The van der Waals surface area contributed by atoms with Gasteiger partial charge in [-0.15, -0.1) is 11.3 Å². The highest BCUT2D eigenvalue weighted by Gasteiger charge is 2.21. The number of hydrogen-bond acceptors (Lipinski definition) is 4. The van der Waals surface area contributed by atoms with Crippen LogP contribution in [0.4, 0.5) is 0 Å². The molecule has 0 spiro atoms. The van der Waals surface area contributed by atoms with Gasteiger partial charge in [0.2, 0.25) is 0 Å². The molecule has 2 heterocycles. The van der Waals surface area contributed by atoms with Crippen molar-refractivity contribution >= 4 is 17.2 Å². The zero-order valence-corrected chi connectivity index (χ0v) is 13.0. The van der Waals surface area contributed by atoms with Gasteiger partial charge in [-0.05, 0) is 18.7 Å². The number of hydrogen-bond donors (Lipinski definition) is 0. The van der Waals surface area contributed by atoms with Crippen molar-refractivity contribution in [1.82, 2.24) is 14.8 Å². The van der Waals surface area contributed by atoms with Crippen molar-refractivity contribution in [3.8, 4) is 10.6 Å². The molecule has 0 radical (unpaired) electrons. The lowest BCUT2D eigenvalue weighted by Crippen LogP contribution is -2.48. The Labute approximate surface area is 129 Å². The molecule has 1 aromatic carbocycles. The molecule has 1 aliphatic heterocycles. The molecule has 0 bridgehead atoms. The van der Waals surface area contributed by atoms with Crippen LogP contribution in [0.3, 0.4) is 0 Å². The number of aromatic nitrogens is 1. The molecule has 0 N–H and O–H groups in total. The molecule has 0 aliphatic carbocycles. The van der Waals surface area contributed by atoms with Crippen LogP contribution in [-0.2, 0) is 0 Å². The van der Waals surface area contributed by atoms with Crippen molar-refractivity contribution in [2.45, 2.75) is 6.92 Å². The number of nitrogens with zero attached hydrogens (tertiary/aromatic N) is 3. The molecular weight excluding hydrogens is 282 g/mol. The number of carbonyl (C=O) groups excluding carboxylic acids is 1. The zero-order chi connectivity index (χ0) is 14.7. The molecule has 1 saturated heterocycles. The van der Waals surface area contributed by atoms with Crippen LogP contribution in [0.15, 0.2) is 35.8 Å². The lowest BCUT2D eigenvalue weighted by atomic mass is 10.1. The average Bonchev–Trinajstić information content (AvgIpc) is 3.09. The smallest absolute Gasteiger partial charge is 0.253 e. The van der Waals surface area contributed by atoms with Crippen LogP contribution in [0.25, 0.3) is 10.6 Å². The summed E-state index contributed by atoms with van der Waals surface area (Å²) in [5, 5.41) is 2.91. The molecule has 1 aromatic heterocycles. The first kappa shape index (κ1) is 14.2. The summed E-state index contributed by atoms with van der Waals surface area (Å²) in [6, 6.07) is 7.79. The third-order valence-electron chi connectivity index (χ3n) is 3.90. The van der Waals surface area contributed by atoms with Crippen LogP contribution < -0.4 is 0 Å². The highest BCUT2D eigenvalue weighted by Crippen LogP contribution is 2.23. The minimum atomic E-state index is 0.129. The summed E-state index contributed by atoms with van der Waals surface area (Å²) >= 11 is 1.59. The summed E-state index contributed by atoms with van der Waals surface area (Å²) in [4.78, 5) is 21.2. The summed E-state index contributed by atoms with van der Waals surface area (Å²) in [6.45, 7) is 6.78. The molecule has 1 aliphatic rings. The first-order valence-corrected chi connectivity index (χ1v) is 8.17. The Morgan fingerprint density at radius 3 is 2.76 bits per heavy atom. The highest BCUT2D eigenvalue weighted by molar-refractivity contribution is 7.13. The molecule has 21 heavy (non-hydrogen) atoms. The van der Waals surface area contributed by atoms with Gasteiger partial charge in [0.05, 0.1) is 0 Å². The third-order valence-corrected chi connectivity index (χ3v) is 4.72. The largest absolute Gasteiger partial charge is 0.336 e. The molecule has 1 amide bonds. The number of likely N-dealkylation sites (N-methyl/N-ethyl adjacent to an activating group) is 1. The van der Waals surface area contributed by atoms with E-state index >= 15 is 0 Å². The molecule has 110 valence electrons. The summed E-state index contributed by atoms with van der Waals surface area (Å²) < 4.78 is 0. The maximum Gasteiger partial charge on any atom is 0.253 e. The number of benzene rings is 1. The normalized spacial score (nSPS) is 16.1. The molecule has 2 aromatic rings. The fourth-order valence-electron chi connectivity index (χ4n) is 2.60. The Morgan fingerprint density at radius 2 is 2.10 bits per heavy atom. The van der Waals surface area contributed by atoms with E-state index in [9.17, 15) is 4.79 Å². The van der Waals surface area contributed by atoms with Crippen LogP contribution in [-0.4, -0.2) is 53.4 Å². The molecule has 0 saturated carbocycles. The minimum Gasteiger partial charge on any atom is -0.336 e. The second kappa shape index (κ2) is 6.37. The number of rotatable bonds is 3. The van der Waals surface area contributed by atoms with Gasteiger partial charge in [-0.3, -0.25) is 4.79 Å². The predicted molar refractivity (Wildman–Crippen MR) is 85.6 cm³/mol. The number of thiazole rings is 1. The van der Waals surface area contributed by atoms with Gasteiger partial charge in [-0.1, -0.05) is 19.1 Å². The molecule has 5 heteroatoms. The van der Waals surface area contributed by atoms with Crippen molar-refractivity contribution in [2.24, 2.45) is 0 Å². The highest BCUT2D eigenvalue weighted by atomic mass is 32.1. The van der Waals surface area contributed by atoms with Crippen LogP contribution >= 0.6 is 11.3 Å². The fourth-order valence-corrected chi connectivity index (χ4v) is 3.24. The van der Waals surface area contributed by atoms with E-state index < -0.39 is 0 Å². The molecule has 1 fully saturated rings. The van der Waals surface area contributed by atoms with Gasteiger partial charge < -0.3 is 9.80 Å². The second-order valence-electron chi connectivity index (χ2n) is 5.14. The predicted octanol–water partition coefficient (Wildman–Crippen LogP) is 2.59. The summed E-state index contributed by atoms with van der Waals surface area (Å²) in [6.07, 6.45) is 1.79. The molecule has 4 nitrogen and oxygen atoms in total. The standard InChI is InChI=1S/C16H19N3OS/c1-2-18-7-9-19(10-8-18)16(20)14-5-3-4-13(12-14)15-17-6-11-21-15/h3-6,11-12H,2,7-10H2,1H3. The quantitative estimate of drug-likeness (QED) is 0.874. The lowest BCUT2D eigenvalue weighted by Gasteiger charge is -2.34. The van der Waals surface area contributed by atoms with E-state index in [1.807, 2.05) is 34.5 Å². The van der Waals surface area contributed by atoms with Crippen molar-refractivity contribution in [3.05, 3.63) is 41.4 Å². The Bertz CT molecular complexity index is 604. The van der Waals surface area contributed by atoms with E-state index in [1.165, 1.54) is 0 Å².